The number of nitrogens with zero attached hydrogens (tertiary/aromatic N) is 5. The molecule has 1 aliphatic rings. The van der Waals surface area contributed by atoms with Gasteiger partial charge in [0.05, 0.1) is 16.8 Å². The van der Waals surface area contributed by atoms with Gasteiger partial charge in [0.15, 0.2) is 10.3 Å². The smallest absolute Gasteiger partial charge is 0.410 e. The lowest BCUT2D eigenvalue weighted by molar-refractivity contribution is 0.0240. The lowest BCUT2D eigenvalue weighted by atomic mass is 10.2. The van der Waals surface area contributed by atoms with E-state index in [4.69, 9.17) is 16.3 Å². The third-order valence-corrected chi connectivity index (χ3v) is 5.62. The second kappa shape index (κ2) is 7.08. The molecule has 0 aliphatic carbocycles. The van der Waals surface area contributed by atoms with Crippen molar-refractivity contribution < 1.29 is 9.53 Å². The van der Waals surface area contributed by atoms with Crippen LogP contribution in [0.4, 0.5) is 9.93 Å². The molecular formula is C17H24ClN5O2S. The van der Waals surface area contributed by atoms with Crippen LogP contribution in [0.3, 0.4) is 0 Å². The standard InChI is InChI=1S/C17H24ClN5O2S/c1-11-10-19-21(5)12(11)13-14(18)20-15(26-13)22-6-8-23(9-7-22)16(24)25-17(2,3)4/h10H,6-9H2,1-5H3. The Bertz CT molecular complexity index is 783. The molecule has 0 aromatic carbocycles. The van der Waals surface area contributed by atoms with E-state index in [-0.39, 0.29) is 6.09 Å². The Morgan fingerprint density at radius 3 is 2.46 bits per heavy atom. The molecule has 0 atom stereocenters. The molecule has 142 valence electrons. The average Bonchev–Trinajstić information content (AvgIpc) is 3.08. The predicted octanol–water partition coefficient (Wildman–Crippen LogP) is 3.56. The minimum atomic E-state index is -0.479. The zero-order valence-electron chi connectivity index (χ0n) is 15.7. The van der Waals surface area contributed by atoms with Crippen molar-refractivity contribution in [3.8, 4) is 10.6 Å². The molecule has 0 unspecified atom stereocenters. The summed E-state index contributed by atoms with van der Waals surface area (Å²) in [6.07, 6.45) is 1.56. The highest BCUT2D eigenvalue weighted by Gasteiger charge is 2.28. The van der Waals surface area contributed by atoms with E-state index in [1.165, 1.54) is 0 Å². The summed E-state index contributed by atoms with van der Waals surface area (Å²) in [7, 11) is 1.90. The topological polar surface area (TPSA) is 63.5 Å². The Morgan fingerprint density at radius 1 is 1.27 bits per heavy atom. The number of carbonyl (C=O) groups is 1. The summed E-state index contributed by atoms with van der Waals surface area (Å²) in [5, 5.41) is 5.64. The van der Waals surface area contributed by atoms with Crippen LogP contribution in [-0.2, 0) is 11.8 Å². The first-order valence-corrected chi connectivity index (χ1v) is 9.73. The van der Waals surface area contributed by atoms with Crippen LogP contribution in [0, 0.1) is 6.92 Å². The highest BCUT2D eigenvalue weighted by atomic mass is 35.5. The maximum atomic E-state index is 12.2. The molecule has 1 saturated heterocycles. The quantitative estimate of drug-likeness (QED) is 0.775. The normalized spacial score (nSPS) is 15.5. The number of piperazine rings is 1. The number of thiazole rings is 1. The number of amides is 1. The third-order valence-electron chi connectivity index (χ3n) is 4.11. The highest BCUT2D eigenvalue weighted by Crippen LogP contribution is 2.39. The van der Waals surface area contributed by atoms with Crippen LogP contribution < -0.4 is 4.90 Å². The Morgan fingerprint density at radius 2 is 1.92 bits per heavy atom. The van der Waals surface area contributed by atoms with Gasteiger partial charge in [0.2, 0.25) is 0 Å². The van der Waals surface area contributed by atoms with E-state index in [9.17, 15) is 4.79 Å². The van der Waals surface area contributed by atoms with Gasteiger partial charge in [0.1, 0.15) is 5.60 Å². The van der Waals surface area contributed by atoms with Gasteiger partial charge in [-0.25, -0.2) is 9.78 Å². The molecule has 0 radical (unpaired) electrons. The molecule has 3 heterocycles. The zero-order chi connectivity index (χ0) is 19.1. The number of rotatable bonds is 2. The van der Waals surface area contributed by atoms with Crippen molar-refractivity contribution >= 4 is 34.2 Å². The average molecular weight is 398 g/mol. The van der Waals surface area contributed by atoms with Gasteiger partial charge in [-0.15, -0.1) is 0 Å². The number of anilines is 1. The fourth-order valence-electron chi connectivity index (χ4n) is 2.85. The van der Waals surface area contributed by atoms with Crippen LogP contribution in [0.5, 0.6) is 0 Å². The molecular weight excluding hydrogens is 374 g/mol. The second-order valence-corrected chi connectivity index (χ2v) is 8.71. The summed E-state index contributed by atoms with van der Waals surface area (Å²) < 4.78 is 7.26. The van der Waals surface area contributed by atoms with Crippen LogP contribution in [0.2, 0.25) is 5.15 Å². The first-order valence-electron chi connectivity index (χ1n) is 8.54. The molecule has 0 N–H and O–H groups in total. The largest absolute Gasteiger partial charge is 0.444 e. The van der Waals surface area contributed by atoms with Gasteiger partial charge in [-0.1, -0.05) is 22.9 Å². The number of halogens is 1. The van der Waals surface area contributed by atoms with E-state index in [1.807, 2.05) is 45.6 Å². The molecule has 0 bridgehead atoms. The minimum absolute atomic E-state index is 0.263. The Balaban J connectivity index is 1.69. The number of ether oxygens (including phenoxy) is 1. The van der Waals surface area contributed by atoms with E-state index in [2.05, 4.69) is 15.0 Å². The third kappa shape index (κ3) is 3.96. The first kappa shape index (κ1) is 19.0. The summed E-state index contributed by atoms with van der Waals surface area (Å²) >= 11 is 7.96. The molecule has 1 fully saturated rings. The Labute approximate surface area is 162 Å². The first-order chi connectivity index (χ1) is 12.2. The fourth-order valence-corrected chi connectivity index (χ4v) is 4.34. The molecule has 2 aromatic heterocycles. The zero-order valence-corrected chi connectivity index (χ0v) is 17.3. The Hall–Kier alpha value is -1.80. The fraction of sp³-hybridized carbons (Fsp3) is 0.588. The van der Waals surface area contributed by atoms with Gasteiger partial charge >= 0.3 is 6.09 Å². The predicted molar refractivity (Wildman–Crippen MR) is 104 cm³/mol. The summed E-state index contributed by atoms with van der Waals surface area (Å²) in [6.45, 7) is 10.2. The van der Waals surface area contributed by atoms with Crippen molar-refractivity contribution in [1.29, 1.82) is 0 Å². The molecule has 1 aliphatic heterocycles. The van der Waals surface area contributed by atoms with E-state index >= 15 is 0 Å². The Kier molecular flexibility index (Phi) is 5.16. The van der Waals surface area contributed by atoms with Crippen molar-refractivity contribution in [3.63, 3.8) is 0 Å². The summed E-state index contributed by atoms with van der Waals surface area (Å²) in [4.78, 5) is 21.5. The van der Waals surface area contributed by atoms with Gasteiger partial charge < -0.3 is 14.5 Å². The lowest BCUT2D eigenvalue weighted by Crippen LogP contribution is -2.50. The van der Waals surface area contributed by atoms with Crippen LogP contribution in [-0.4, -0.2) is 57.5 Å². The summed E-state index contributed by atoms with van der Waals surface area (Å²) in [5.41, 5.74) is 1.58. The van der Waals surface area contributed by atoms with Gasteiger partial charge in [-0.05, 0) is 33.3 Å². The molecule has 26 heavy (non-hydrogen) atoms. The summed E-state index contributed by atoms with van der Waals surface area (Å²) in [5.74, 6) is 0. The number of aromatic nitrogens is 3. The van der Waals surface area contributed by atoms with Crippen molar-refractivity contribution in [2.24, 2.45) is 7.05 Å². The highest BCUT2D eigenvalue weighted by molar-refractivity contribution is 7.19. The monoisotopic (exact) mass is 397 g/mol. The van der Waals surface area contributed by atoms with Gasteiger partial charge in [-0.2, -0.15) is 5.10 Å². The number of carbonyl (C=O) groups excluding carboxylic acids is 1. The van der Waals surface area contributed by atoms with Gasteiger partial charge in [-0.3, -0.25) is 4.68 Å². The van der Waals surface area contributed by atoms with Crippen LogP contribution in [0.25, 0.3) is 10.6 Å². The molecule has 0 saturated carbocycles. The van der Waals surface area contributed by atoms with Crippen LogP contribution in [0.1, 0.15) is 26.3 Å². The molecule has 7 nitrogen and oxygen atoms in total. The van der Waals surface area contributed by atoms with E-state index in [0.29, 0.717) is 31.3 Å². The number of hydrogen-bond donors (Lipinski definition) is 0. The molecule has 3 rings (SSSR count). The van der Waals surface area contributed by atoms with Crippen molar-refractivity contribution in [2.75, 3.05) is 31.1 Å². The van der Waals surface area contributed by atoms with E-state index in [0.717, 1.165) is 21.3 Å². The molecule has 1 amide bonds. The van der Waals surface area contributed by atoms with Crippen molar-refractivity contribution in [2.45, 2.75) is 33.3 Å². The minimum Gasteiger partial charge on any atom is -0.444 e. The van der Waals surface area contributed by atoms with Crippen molar-refractivity contribution in [1.82, 2.24) is 19.7 Å². The maximum Gasteiger partial charge on any atom is 0.410 e. The lowest BCUT2D eigenvalue weighted by Gasteiger charge is -2.35. The number of hydrogen-bond acceptors (Lipinski definition) is 6. The van der Waals surface area contributed by atoms with Gasteiger partial charge in [0, 0.05) is 33.2 Å². The van der Waals surface area contributed by atoms with Crippen LogP contribution in [0.15, 0.2) is 6.20 Å². The van der Waals surface area contributed by atoms with Crippen molar-refractivity contribution in [3.05, 3.63) is 16.9 Å². The summed E-state index contributed by atoms with van der Waals surface area (Å²) in [6, 6.07) is 0. The number of aryl methyl sites for hydroxylation is 2. The maximum absolute atomic E-state index is 12.2. The molecule has 9 heteroatoms. The molecule has 2 aromatic rings. The molecule has 0 spiro atoms. The van der Waals surface area contributed by atoms with E-state index < -0.39 is 5.60 Å². The van der Waals surface area contributed by atoms with E-state index in [1.54, 1.807) is 16.2 Å². The second-order valence-electron chi connectivity index (χ2n) is 7.37. The SMILES string of the molecule is Cc1cnn(C)c1-c1sc(N2CCN(C(=O)OC(C)(C)C)CC2)nc1Cl. The van der Waals surface area contributed by atoms with Crippen LogP contribution >= 0.6 is 22.9 Å². The van der Waals surface area contributed by atoms with Gasteiger partial charge in [0.25, 0.3) is 0 Å².